The molecule has 4 nitrogen and oxygen atoms in total. The maximum atomic E-state index is 5.47. The van der Waals surface area contributed by atoms with E-state index in [1.807, 2.05) is 6.07 Å². The summed E-state index contributed by atoms with van der Waals surface area (Å²) < 4.78 is 5.47. The van der Waals surface area contributed by atoms with Crippen molar-refractivity contribution in [3.63, 3.8) is 0 Å². The van der Waals surface area contributed by atoms with Crippen LogP contribution in [0, 0.1) is 0 Å². The van der Waals surface area contributed by atoms with Gasteiger partial charge in [0.25, 0.3) is 0 Å². The molecule has 0 aliphatic carbocycles. The number of benzene rings is 1. The standard InChI is InChI=1S/C18H21N3OS/c1-20-7-8-21-13(12-20)11-19-18(17-4-3-9-23-17)15-6-5-14(22-2)10-16(15)21/h3-6,9-10,13H,7-8,11-12H2,1-2H3. The number of fused-ring (bicyclic) bond motifs is 3. The number of likely N-dealkylation sites (N-methyl/N-ethyl adjacent to an activating group) is 1. The summed E-state index contributed by atoms with van der Waals surface area (Å²) in [6, 6.07) is 11.1. The van der Waals surface area contributed by atoms with Crippen LogP contribution in [0.4, 0.5) is 5.69 Å². The van der Waals surface area contributed by atoms with Gasteiger partial charge in [-0.3, -0.25) is 4.99 Å². The topological polar surface area (TPSA) is 28.1 Å². The molecule has 1 atom stereocenters. The van der Waals surface area contributed by atoms with Gasteiger partial charge in [0.15, 0.2) is 0 Å². The molecule has 23 heavy (non-hydrogen) atoms. The second-order valence-corrected chi connectivity index (χ2v) is 7.11. The average molecular weight is 327 g/mol. The number of thiophene rings is 1. The minimum atomic E-state index is 0.428. The zero-order valence-electron chi connectivity index (χ0n) is 13.5. The summed E-state index contributed by atoms with van der Waals surface area (Å²) in [5.41, 5.74) is 3.60. The SMILES string of the molecule is COc1ccc2c(c1)N1CCN(C)CC1CN=C2c1cccs1. The second-order valence-electron chi connectivity index (χ2n) is 6.16. The fraction of sp³-hybridized carbons (Fsp3) is 0.389. The largest absolute Gasteiger partial charge is 0.497 e. The van der Waals surface area contributed by atoms with E-state index in [0.717, 1.165) is 37.6 Å². The summed E-state index contributed by atoms with van der Waals surface area (Å²) in [6.07, 6.45) is 0. The molecule has 0 radical (unpaired) electrons. The molecule has 0 amide bonds. The highest BCUT2D eigenvalue weighted by Gasteiger charge is 2.31. The normalized spacial score (nSPS) is 21.2. The third-order valence-electron chi connectivity index (χ3n) is 4.67. The van der Waals surface area contributed by atoms with E-state index >= 15 is 0 Å². The molecule has 0 spiro atoms. The molecule has 1 saturated heterocycles. The Morgan fingerprint density at radius 2 is 2.17 bits per heavy atom. The van der Waals surface area contributed by atoms with Crippen molar-refractivity contribution in [2.75, 3.05) is 45.2 Å². The Labute approximate surface area is 141 Å². The lowest BCUT2D eigenvalue weighted by Gasteiger charge is -2.40. The van der Waals surface area contributed by atoms with Crippen molar-refractivity contribution >= 4 is 22.7 Å². The predicted octanol–water partition coefficient (Wildman–Crippen LogP) is 2.73. The van der Waals surface area contributed by atoms with Crippen LogP contribution in [0.3, 0.4) is 0 Å². The van der Waals surface area contributed by atoms with Gasteiger partial charge in [0.05, 0.1) is 36.0 Å². The van der Waals surface area contributed by atoms with E-state index in [4.69, 9.17) is 9.73 Å². The Balaban J connectivity index is 1.85. The molecule has 0 bridgehead atoms. The minimum absolute atomic E-state index is 0.428. The van der Waals surface area contributed by atoms with Crippen LogP contribution in [0.15, 0.2) is 40.7 Å². The first-order valence-corrected chi connectivity index (χ1v) is 8.86. The van der Waals surface area contributed by atoms with Crippen LogP contribution in [0.25, 0.3) is 0 Å². The van der Waals surface area contributed by atoms with Crippen molar-refractivity contribution in [1.29, 1.82) is 0 Å². The molecule has 3 heterocycles. The van der Waals surface area contributed by atoms with E-state index in [2.05, 4.69) is 46.5 Å². The monoisotopic (exact) mass is 327 g/mol. The van der Waals surface area contributed by atoms with Gasteiger partial charge in [0.2, 0.25) is 0 Å². The molecule has 1 aromatic heterocycles. The average Bonchev–Trinajstić information content (AvgIpc) is 3.05. The maximum absolute atomic E-state index is 5.47. The third kappa shape index (κ3) is 2.64. The lowest BCUT2D eigenvalue weighted by Crippen LogP contribution is -2.53. The van der Waals surface area contributed by atoms with Gasteiger partial charge in [0, 0.05) is 31.3 Å². The summed E-state index contributed by atoms with van der Waals surface area (Å²) in [6.45, 7) is 4.02. The van der Waals surface area contributed by atoms with Crippen LogP contribution in [-0.4, -0.2) is 57.0 Å². The summed E-state index contributed by atoms with van der Waals surface area (Å²) in [7, 11) is 3.92. The van der Waals surface area contributed by atoms with Gasteiger partial charge in [-0.1, -0.05) is 6.07 Å². The molecular weight excluding hydrogens is 306 g/mol. The molecular formula is C18H21N3OS. The number of hydrogen-bond acceptors (Lipinski definition) is 5. The van der Waals surface area contributed by atoms with E-state index in [1.165, 1.54) is 16.1 Å². The minimum Gasteiger partial charge on any atom is -0.497 e. The Bertz CT molecular complexity index is 726. The first kappa shape index (κ1) is 14.7. The highest BCUT2D eigenvalue weighted by Crippen LogP contribution is 2.34. The van der Waals surface area contributed by atoms with Gasteiger partial charge >= 0.3 is 0 Å². The highest BCUT2D eigenvalue weighted by molar-refractivity contribution is 7.12. The maximum Gasteiger partial charge on any atom is 0.120 e. The Morgan fingerprint density at radius 1 is 1.26 bits per heavy atom. The molecule has 120 valence electrons. The summed E-state index contributed by atoms with van der Waals surface area (Å²) >= 11 is 1.76. The predicted molar refractivity (Wildman–Crippen MR) is 96.5 cm³/mol. The molecule has 2 aromatic rings. The van der Waals surface area contributed by atoms with Crippen molar-refractivity contribution < 1.29 is 4.74 Å². The number of piperazine rings is 1. The molecule has 1 unspecified atom stereocenters. The first-order chi connectivity index (χ1) is 11.3. The molecule has 1 fully saturated rings. The Hall–Kier alpha value is -1.85. The fourth-order valence-corrected chi connectivity index (χ4v) is 4.21. The number of rotatable bonds is 2. The van der Waals surface area contributed by atoms with E-state index in [-0.39, 0.29) is 0 Å². The van der Waals surface area contributed by atoms with Gasteiger partial charge in [-0.05, 0) is 30.6 Å². The molecule has 5 heteroatoms. The van der Waals surface area contributed by atoms with Gasteiger partial charge in [-0.25, -0.2) is 0 Å². The zero-order valence-corrected chi connectivity index (χ0v) is 14.3. The number of anilines is 1. The van der Waals surface area contributed by atoms with Crippen molar-refractivity contribution in [3.8, 4) is 5.75 Å². The van der Waals surface area contributed by atoms with E-state index in [1.54, 1.807) is 18.4 Å². The van der Waals surface area contributed by atoms with Crippen LogP contribution in [0.1, 0.15) is 10.4 Å². The lowest BCUT2D eigenvalue weighted by molar-refractivity contribution is 0.270. The molecule has 1 aromatic carbocycles. The van der Waals surface area contributed by atoms with E-state index in [0.29, 0.717) is 6.04 Å². The van der Waals surface area contributed by atoms with Gasteiger partial charge < -0.3 is 14.5 Å². The van der Waals surface area contributed by atoms with Gasteiger partial charge in [-0.2, -0.15) is 0 Å². The van der Waals surface area contributed by atoms with Crippen LogP contribution in [0.5, 0.6) is 5.75 Å². The van der Waals surface area contributed by atoms with Crippen LogP contribution in [0.2, 0.25) is 0 Å². The zero-order chi connectivity index (χ0) is 15.8. The van der Waals surface area contributed by atoms with Crippen molar-refractivity contribution in [1.82, 2.24) is 4.90 Å². The smallest absolute Gasteiger partial charge is 0.120 e. The summed E-state index contributed by atoms with van der Waals surface area (Å²) in [5.74, 6) is 0.911. The van der Waals surface area contributed by atoms with E-state index in [9.17, 15) is 0 Å². The lowest BCUT2D eigenvalue weighted by atomic mass is 10.0. The number of aliphatic imine (C=N–C) groups is 1. The highest BCUT2D eigenvalue weighted by atomic mass is 32.1. The molecule has 0 N–H and O–H groups in total. The van der Waals surface area contributed by atoms with Crippen molar-refractivity contribution in [3.05, 3.63) is 46.2 Å². The second kappa shape index (κ2) is 5.98. The molecule has 2 aliphatic heterocycles. The Kier molecular flexibility index (Phi) is 3.83. The van der Waals surface area contributed by atoms with Crippen LogP contribution in [-0.2, 0) is 0 Å². The van der Waals surface area contributed by atoms with Gasteiger partial charge in [-0.15, -0.1) is 11.3 Å². The van der Waals surface area contributed by atoms with Gasteiger partial charge in [0.1, 0.15) is 5.75 Å². The molecule has 2 aliphatic rings. The number of ether oxygens (including phenoxy) is 1. The third-order valence-corrected chi connectivity index (χ3v) is 5.55. The summed E-state index contributed by atoms with van der Waals surface area (Å²) in [4.78, 5) is 11.2. The fourth-order valence-electron chi connectivity index (χ4n) is 3.47. The molecule has 0 saturated carbocycles. The molecule has 4 rings (SSSR count). The van der Waals surface area contributed by atoms with Crippen molar-refractivity contribution in [2.24, 2.45) is 4.99 Å². The van der Waals surface area contributed by atoms with Crippen LogP contribution < -0.4 is 9.64 Å². The Morgan fingerprint density at radius 3 is 2.96 bits per heavy atom. The van der Waals surface area contributed by atoms with Crippen LogP contribution >= 0.6 is 11.3 Å². The summed E-state index contributed by atoms with van der Waals surface area (Å²) in [5, 5.41) is 2.12. The number of methoxy groups -OCH3 is 1. The quantitative estimate of drug-likeness (QED) is 0.849. The first-order valence-electron chi connectivity index (χ1n) is 7.98. The van der Waals surface area contributed by atoms with E-state index < -0.39 is 0 Å². The van der Waals surface area contributed by atoms with Crippen molar-refractivity contribution in [2.45, 2.75) is 6.04 Å². The number of hydrogen-bond donors (Lipinski definition) is 0. The number of nitrogens with zero attached hydrogens (tertiary/aromatic N) is 3.